The molecule has 1 N–H and O–H groups in total. The van der Waals surface area contributed by atoms with Crippen LogP contribution in [0.4, 0.5) is 28.4 Å². The first kappa shape index (κ1) is 34.6. The number of rotatable bonds is 19. The Balaban J connectivity index is 1.49. The maximum atomic E-state index is 12.0. The maximum Gasteiger partial charge on any atom is 0.330 e. The van der Waals surface area contributed by atoms with Crippen LogP contribution in [0.25, 0.3) is 0 Å². The predicted molar refractivity (Wildman–Crippen MR) is 178 cm³/mol. The Bertz CT molecular complexity index is 1390. The van der Waals surface area contributed by atoms with Gasteiger partial charge in [-0.2, -0.15) is 20.5 Å². The smallest absolute Gasteiger partial charge is 0.330 e. The third kappa shape index (κ3) is 13.1. The fraction of sp³-hybridized carbons (Fsp3) is 0.371. The van der Waals surface area contributed by atoms with Crippen LogP contribution in [0.3, 0.4) is 0 Å². The largest absolute Gasteiger partial charge is 0.471 e. The number of ether oxygens (including phenoxy) is 2. The van der Waals surface area contributed by atoms with Crippen molar-refractivity contribution in [3.05, 3.63) is 85.5 Å². The minimum Gasteiger partial charge on any atom is -0.471 e. The molecule has 238 valence electrons. The van der Waals surface area contributed by atoms with Crippen molar-refractivity contribution in [3.63, 3.8) is 0 Å². The van der Waals surface area contributed by atoms with Crippen molar-refractivity contribution in [2.45, 2.75) is 65.0 Å². The molecule has 1 unspecified atom stereocenters. The van der Waals surface area contributed by atoms with E-state index in [0.29, 0.717) is 41.5 Å². The summed E-state index contributed by atoms with van der Waals surface area (Å²) in [7, 11) is 1.92. The standard InChI is InChI=1S/C35H44N6O4/c1-5-8-9-10-11-12-34(36-33(42)6-2)45-32-23-19-30(20-24-32)40-38-28-15-13-27(14-16-28)37-39-29-17-21-31(22-18-29)41(4)25-26-44-35(43)7-3/h7,13-24,34H,3,5-6,8-12,25-26H2,1-2,4H3,(H,36,42). The zero-order chi connectivity index (χ0) is 32.3. The van der Waals surface area contributed by atoms with Crippen LogP contribution in [0.2, 0.25) is 0 Å². The zero-order valence-corrected chi connectivity index (χ0v) is 26.5. The van der Waals surface area contributed by atoms with Crippen molar-refractivity contribution in [3.8, 4) is 5.75 Å². The lowest BCUT2D eigenvalue weighted by atomic mass is 10.1. The van der Waals surface area contributed by atoms with Crippen molar-refractivity contribution in [2.24, 2.45) is 20.5 Å². The Morgan fingerprint density at radius 3 is 1.82 bits per heavy atom. The number of hydrogen-bond donors (Lipinski definition) is 1. The summed E-state index contributed by atoms with van der Waals surface area (Å²) in [5.74, 6) is 0.221. The lowest BCUT2D eigenvalue weighted by Crippen LogP contribution is -2.38. The summed E-state index contributed by atoms with van der Waals surface area (Å²) in [4.78, 5) is 25.1. The summed E-state index contributed by atoms with van der Waals surface area (Å²) < 4.78 is 11.1. The molecule has 0 saturated carbocycles. The van der Waals surface area contributed by atoms with Crippen LogP contribution in [0.1, 0.15) is 58.8 Å². The number of likely N-dealkylation sites (N-methyl/N-ethyl adjacent to an activating group) is 1. The highest BCUT2D eigenvalue weighted by Crippen LogP contribution is 2.26. The van der Waals surface area contributed by atoms with Gasteiger partial charge in [0.15, 0.2) is 6.23 Å². The SMILES string of the molecule is C=CC(=O)OCCN(C)c1ccc(N=Nc2ccc(N=Nc3ccc(OC(CCCCCCC)NC(=O)CC)cc3)cc2)cc1. The Hall–Kier alpha value is -4.86. The number of azo groups is 2. The lowest BCUT2D eigenvalue weighted by Gasteiger charge is -2.20. The van der Waals surface area contributed by atoms with E-state index in [9.17, 15) is 9.59 Å². The highest BCUT2D eigenvalue weighted by atomic mass is 16.5. The van der Waals surface area contributed by atoms with Crippen LogP contribution in [0, 0.1) is 0 Å². The molecule has 10 nitrogen and oxygen atoms in total. The minimum absolute atomic E-state index is 0.0212. The summed E-state index contributed by atoms with van der Waals surface area (Å²) in [5, 5.41) is 20.2. The predicted octanol–water partition coefficient (Wildman–Crippen LogP) is 9.27. The molecule has 3 aromatic rings. The molecule has 45 heavy (non-hydrogen) atoms. The van der Waals surface area contributed by atoms with Gasteiger partial charge in [0.05, 0.1) is 29.3 Å². The molecule has 0 radical (unpaired) electrons. The summed E-state index contributed by atoms with van der Waals surface area (Å²) in [6.07, 6.45) is 7.76. The summed E-state index contributed by atoms with van der Waals surface area (Å²) in [5.41, 5.74) is 3.75. The van der Waals surface area contributed by atoms with Crippen molar-refractivity contribution in [1.82, 2.24) is 5.32 Å². The number of amides is 1. The number of anilines is 1. The minimum atomic E-state index is -0.431. The molecule has 1 atom stereocenters. The van der Waals surface area contributed by atoms with E-state index >= 15 is 0 Å². The molecular weight excluding hydrogens is 568 g/mol. The van der Waals surface area contributed by atoms with Crippen LogP contribution < -0.4 is 15.0 Å². The first-order valence-electron chi connectivity index (χ1n) is 15.5. The Kier molecular flexibility index (Phi) is 14.9. The van der Waals surface area contributed by atoms with Crippen LogP contribution in [-0.2, 0) is 14.3 Å². The first-order chi connectivity index (χ1) is 21.9. The van der Waals surface area contributed by atoms with Gasteiger partial charge < -0.3 is 19.7 Å². The second kappa shape index (κ2) is 19.4. The normalized spacial score (nSPS) is 11.8. The van der Waals surface area contributed by atoms with Gasteiger partial charge in [-0.1, -0.05) is 46.1 Å². The molecule has 0 aliphatic carbocycles. The van der Waals surface area contributed by atoms with E-state index in [4.69, 9.17) is 9.47 Å². The van der Waals surface area contributed by atoms with Gasteiger partial charge in [0.2, 0.25) is 5.91 Å². The van der Waals surface area contributed by atoms with Crippen LogP contribution in [-0.4, -0.2) is 38.3 Å². The van der Waals surface area contributed by atoms with E-state index < -0.39 is 5.97 Å². The highest BCUT2D eigenvalue weighted by Gasteiger charge is 2.13. The number of carbonyl (C=O) groups is 2. The van der Waals surface area contributed by atoms with E-state index in [0.717, 1.165) is 31.0 Å². The third-order valence-corrected chi connectivity index (χ3v) is 6.87. The average molecular weight is 613 g/mol. The number of nitrogens with zero attached hydrogens (tertiary/aromatic N) is 5. The Labute approximate surface area is 266 Å². The summed E-state index contributed by atoms with van der Waals surface area (Å²) in [6.45, 7) is 8.26. The second-order valence-electron chi connectivity index (χ2n) is 10.5. The Morgan fingerprint density at radius 1 is 0.800 bits per heavy atom. The quantitative estimate of drug-likeness (QED) is 0.0476. The number of benzene rings is 3. The molecule has 3 aromatic carbocycles. The van der Waals surface area contributed by atoms with Gasteiger partial charge in [-0.25, -0.2) is 4.79 Å². The van der Waals surface area contributed by atoms with Gasteiger partial charge in [-0.15, -0.1) is 0 Å². The van der Waals surface area contributed by atoms with E-state index in [1.165, 1.54) is 19.3 Å². The number of hydrogen-bond acceptors (Lipinski definition) is 9. The van der Waals surface area contributed by atoms with Gasteiger partial charge >= 0.3 is 5.97 Å². The zero-order valence-electron chi connectivity index (χ0n) is 26.5. The highest BCUT2D eigenvalue weighted by molar-refractivity contribution is 5.81. The fourth-order valence-electron chi connectivity index (χ4n) is 4.19. The van der Waals surface area contributed by atoms with Gasteiger partial charge in [0.1, 0.15) is 12.4 Å². The summed E-state index contributed by atoms with van der Waals surface area (Å²) >= 11 is 0. The summed E-state index contributed by atoms with van der Waals surface area (Å²) in [6, 6.07) is 22.3. The molecule has 0 aliphatic heterocycles. The number of esters is 1. The van der Waals surface area contributed by atoms with E-state index in [1.54, 1.807) is 0 Å². The molecule has 0 spiro atoms. The maximum absolute atomic E-state index is 12.0. The average Bonchev–Trinajstić information content (AvgIpc) is 3.07. The molecule has 0 fully saturated rings. The molecule has 1 amide bonds. The van der Waals surface area contributed by atoms with Gasteiger partial charge in [-0.05, 0) is 79.2 Å². The number of carbonyl (C=O) groups excluding carboxylic acids is 2. The molecule has 0 aliphatic rings. The molecule has 3 rings (SSSR count). The van der Waals surface area contributed by atoms with Gasteiger partial charge in [0, 0.05) is 31.7 Å². The Morgan fingerprint density at radius 2 is 1.31 bits per heavy atom. The number of unbranched alkanes of at least 4 members (excludes halogenated alkanes) is 4. The third-order valence-electron chi connectivity index (χ3n) is 6.87. The van der Waals surface area contributed by atoms with E-state index in [1.807, 2.05) is 91.7 Å². The van der Waals surface area contributed by atoms with Crippen LogP contribution >= 0.6 is 0 Å². The molecule has 10 heteroatoms. The molecule has 0 aromatic heterocycles. The first-order valence-corrected chi connectivity index (χ1v) is 15.5. The van der Waals surface area contributed by atoms with Gasteiger partial charge in [-0.3, -0.25) is 4.79 Å². The fourth-order valence-corrected chi connectivity index (χ4v) is 4.19. The monoisotopic (exact) mass is 612 g/mol. The lowest BCUT2D eigenvalue weighted by molar-refractivity contribution is -0.137. The van der Waals surface area contributed by atoms with E-state index in [-0.39, 0.29) is 18.7 Å². The van der Waals surface area contributed by atoms with Crippen molar-refractivity contribution < 1.29 is 19.1 Å². The van der Waals surface area contributed by atoms with Crippen LogP contribution in [0.15, 0.2) is 106 Å². The van der Waals surface area contributed by atoms with Crippen molar-refractivity contribution >= 4 is 40.3 Å². The second-order valence-corrected chi connectivity index (χ2v) is 10.5. The number of nitrogens with one attached hydrogen (secondary N) is 1. The molecule has 0 heterocycles. The molecule has 0 saturated heterocycles. The van der Waals surface area contributed by atoms with E-state index in [2.05, 4.69) is 39.3 Å². The van der Waals surface area contributed by atoms with Crippen LogP contribution in [0.5, 0.6) is 5.75 Å². The topological polar surface area (TPSA) is 117 Å². The van der Waals surface area contributed by atoms with Crippen molar-refractivity contribution in [2.75, 3.05) is 25.1 Å². The molecular formula is C35H44N6O4. The molecule has 0 bridgehead atoms. The van der Waals surface area contributed by atoms with Crippen molar-refractivity contribution in [1.29, 1.82) is 0 Å². The van der Waals surface area contributed by atoms with Gasteiger partial charge in [0.25, 0.3) is 0 Å².